The summed E-state index contributed by atoms with van der Waals surface area (Å²) in [5, 5.41) is 3.71. The van der Waals surface area contributed by atoms with Gasteiger partial charge in [-0.3, -0.25) is 0 Å². The van der Waals surface area contributed by atoms with Crippen molar-refractivity contribution in [3.63, 3.8) is 0 Å². The zero-order valence-corrected chi connectivity index (χ0v) is 11.9. The van der Waals surface area contributed by atoms with E-state index in [4.69, 9.17) is 0 Å². The quantitative estimate of drug-likeness (QED) is 0.873. The maximum absolute atomic E-state index is 4.20. The fourth-order valence-electron chi connectivity index (χ4n) is 3.03. The second-order valence-corrected chi connectivity index (χ2v) is 5.58. The molecule has 0 bridgehead atoms. The van der Waals surface area contributed by atoms with Crippen LogP contribution in [-0.2, 0) is 5.41 Å². The topological polar surface area (TPSA) is 37.8 Å². The smallest absolute Gasteiger partial charge is 0.115 e. The molecule has 3 rings (SSSR count). The molecule has 20 heavy (non-hydrogen) atoms. The summed E-state index contributed by atoms with van der Waals surface area (Å²) in [6.07, 6.45) is 9.09. The number of nitrogens with one attached hydrogen (secondary N) is 1. The monoisotopic (exact) mass is 267 g/mol. The molecule has 1 aliphatic rings. The molecule has 1 N–H and O–H groups in total. The van der Waals surface area contributed by atoms with Gasteiger partial charge in [-0.1, -0.05) is 37.3 Å². The van der Waals surface area contributed by atoms with Gasteiger partial charge in [-0.25, -0.2) is 9.97 Å². The van der Waals surface area contributed by atoms with Gasteiger partial charge in [0.15, 0.2) is 0 Å². The number of nitrogens with zero attached hydrogens (tertiary/aromatic N) is 2. The van der Waals surface area contributed by atoms with Crippen molar-refractivity contribution in [3.8, 4) is 0 Å². The highest BCUT2D eigenvalue weighted by Crippen LogP contribution is 2.56. The Hall–Kier alpha value is -1.74. The predicted octanol–water partition coefficient (Wildman–Crippen LogP) is 3.25. The van der Waals surface area contributed by atoms with Crippen LogP contribution < -0.4 is 5.32 Å². The second kappa shape index (κ2) is 5.71. The maximum atomic E-state index is 4.20. The molecular formula is C17H21N3. The number of rotatable bonds is 6. The molecule has 0 spiro atoms. The van der Waals surface area contributed by atoms with Crippen molar-refractivity contribution < 1.29 is 0 Å². The molecule has 1 fully saturated rings. The first-order valence-corrected chi connectivity index (χ1v) is 7.40. The predicted molar refractivity (Wildman–Crippen MR) is 80.4 cm³/mol. The standard InChI is InChI=1S/C17H21N3/c1-2-10-20-16(14-11-18-13-19-12-14)17(8-9-17)15-6-4-3-5-7-15/h3-7,11-13,16,20H,2,8-10H2,1H3. The molecule has 1 heterocycles. The lowest BCUT2D eigenvalue weighted by Crippen LogP contribution is -2.33. The summed E-state index contributed by atoms with van der Waals surface area (Å²) in [6, 6.07) is 11.2. The average Bonchev–Trinajstić information content (AvgIpc) is 3.31. The van der Waals surface area contributed by atoms with Gasteiger partial charge >= 0.3 is 0 Å². The van der Waals surface area contributed by atoms with Crippen LogP contribution in [0, 0.1) is 0 Å². The summed E-state index contributed by atoms with van der Waals surface area (Å²) in [6.45, 7) is 3.22. The molecule has 0 radical (unpaired) electrons. The lowest BCUT2D eigenvalue weighted by molar-refractivity contribution is 0.427. The minimum absolute atomic E-state index is 0.223. The van der Waals surface area contributed by atoms with Crippen LogP contribution in [0.3, 0.4) is 0 Å². The molecule has 3 heteroatoms. The molecule has 1 aromatic heterocycles. The molecule has 3 nitrogen and oxygen atoms in total. The van der Waals surface area contributed by atoms with Crippen molar-refractivity contribution in [1.82, 2.24) is 15.3 Å². The minimum Gasteiger partial charge on any atom is -0.309 e. The van der Waals surface area contributed by atoms with Crippen LogP contribution in [0.25, 0.3) is 0 Å². The third-order valence-electron chi connectivity index (χ3n) is 4.20. The van der Waals surface area contributed by atoms with Gasteiger partial charge in [0.2, 0.25) is 0 Å². The number of hydrogen-bond donors (Lipinski definition) is 1. The summed E-state index contributed by atoms with van der Waals surface area (Å²) in [5.74, 6) is 0. The van der Waals surface area contributed by atoms with Crippen molar-refractivity contribution in [2.24, 2.45) is 0 Å². The Balaban J connectivity index is 1.94. The van der Waals surface area contributed by atoms with Gasteiger partial charge in [0, 0.05) is 29.4 Å². The number of hydrogen-bond acceptors (Lipinski definition) is 3. The number of benzene rings is 1. The molecule has 0 amide bonds. The summed E-state index contributed by atoms with van der Waals surface area (Å²) < 4.78 is 0. The molecule has 1 unspecified atom stereocenters. The lowest BCUT2D eigenvalue weighted by Gasteiger charge is -2.28. The van der Waals surface area contributed by atoms with E-state index < -0.39 is 0 Å². The summed E-state index contributed by atoms with van der Waals surface area (Å²) >= 11 is 0. The zero-order valence-electron chi connectivity index (χ0n) is 11.9. The van der Waals surface area contributed by atoms with Gasteiger partial charge in [-0.2, -0.15) is 0 Å². The van der Waals surface area contributed by atoms with Crippen molar-refractivity contribution in [3.05, 3.63) is 60.2 Å². The van der Waals surface area contributed by atoms with E-state index in [1.165, 1.54) is 24.0 Å². The highest BCUT2D eigenvalue weighted by Gasteiger charge is 2.51. The molecule has 1 aliphatic carbocycles. The van der Waals surface area contributed by atoms with E-state index in [0.29, 0.717) is 6.04 Å². The molecule has 0 aliphatic heterocycles. The van der Waals surface area contributed by atoms with E-state index in [2.05, 4.69) is 52.5 Å². The molecule has 2 aromatic rings. The molecule has 0 saturated heterocycles. The van der Waals surface area contributed by atoms with Crippen LogP contribution >= 0.6 is 0 Å². The van der Waals surface area contributed by atoms with E-state index in [9.17, 15) is 0 Å². The summed E-state index contributed by atoms with van der Waals surface area (Å²) in [7, 11) is 0. The molecule has 1 aromatic carbocycles. The summed E-state index contributed by atoms with van der Waals surface area (Å²) in [4.78, 5) is 8.40. The van der Waals surface area contributed by atoms with Gasteiger partial charge in [-0.15, -0.1) is 0 Å². The Morgan fingerprint density at radius 1 is 1.15 bits per heavy atom. The molecule has 104 valence electrons. The fourth-order valence-corrected chi connectivity index (χ4v) is 3.03. The van der Waals surface area contributed by atoms with Crippen molar-refractivity contribution >= 4 is 0 Å². The van der Waals surface area contributed by atoms with Gasteiger partial charge < -0.3 is 5.32 Å². The Morgan fingerprint density at radius 2 is 1.85 bits per heavy atom. The van der Waals surface area contributed by atoms with Crippen LogP contribution in [0.4, 0.5) is 0 Å². The van der Waals surface area contributed by atoms with Gasteiger partial charge in [0.05, 0.1) is 0 Å². The second-order valence-electron chi connectivity index (χ2n) is 5.58. The Labute approximate surface area is 120 Å². The van der Waals surface area contributed by atoms with Gasteiger partial charge in [0.1, 0.15) is 6.33 Å². The van der Waals surface area contributed by atoms with Crippen LogP contribution in [-0.4, -0.2) is 16.5 Å². The lowest BCUT2D eigenvalue weighted by atomic mass is 9.84. The van der Waals surface area contributed by atoms with Crippen molar-refractivity contribution in [2.75, 3.05) is 6.54 Å². The largest absolute Gasteiger partial charge is 0.309 e. The van der Waals surface area contributed by atoms with Gasteiger partial charge in [0.25, 0.3) is 0 Å². The van der Waals surface area contributed by atoms with Crippen LogP contribution in [0.2, 0.25) is 0 Å². The Morgan fingerprint density at radius 3 is 2.45 bits per heavy atom. The summed E-state index contributed by atoms with van der Waals surface area (Å²) in [5.41, 5.74) is 2.85. The van der Waals surface area contributed by atoms with Crippen LogP contribution in [0.1, 0.15) is 43.4 Å². The van der Waals surface area contributed by atoms with Crippen LogP contribution in [0.5, 0.6) is 0 Å². The van der Waals surface area contributed by atoms with Crippen molar-refractivity contribution in [1.29, 1.82) is 0 Å². The van der Waals surface area contributed by atoms with E-state index in [-0.39, 0.29) is 5.41 Å². The maximum Gasteiger partial charge on any atom is 0.115 e. The normalized spacial score (nSPS) is 17.6. The molecular weight excluding hydrogens is 246 g/mol. The number of aromatic nitrogens is 2. The van der Waals surface area contributed by atoms with E-state index in [0.717, 1.165) is 13.0 Å². The van der Waals surface area contributed by atoms with E-state index >= 15 is 0 Å². The third kappa shape index (κ3) is 2.46. The van der Waals surface area contributed by atoms with Crippen molar-refractivity contribution in [2.45, 2.75) is 37.6 Å². The fraction of sp³-hybridized carbons (Fsp3) is 0.412. The third-order valence-corrected chi connectivity index (χ3v) is 4.20. The Kier molecular flexibility index (Phi) is 3.79. The highest BCUT2D eigenvalue weighted by atomic mass is 15.0. The van der Waals surface area contributed by atoms with E-state index in [1.54, 1.807) is 6.33 Å². The van der Waals surface area contributed by atoms with Gasteiger partial charge in [-0.05, 0) is 31.4 Å². The van der Waals surface area contributed by atoms with E-state index in [1.807, 2.05) is 12.4 Å². The Bertz CT molecular complexity index is 535. The van der Waals surface area contributed by atoms with Crippen LogP contribution in [0.15, 0.2) is 49.1 Å². The molecule has 1 atom stereocenters. The average molecular weight is 267 g/mol. The first-order valence-electron chi connectivity index (χ1n) is 7.40. The molecule has 1 saturated carbocycles. The minimum atomic E-state index is 0.223. The first-order chi connectivity index (χ1) is 9.87. The first kappa shape index (κ1) is 13.3. The zero-order chi connectivity index (χ0) is 13.8. The SMILES string of the molecule is CCCNC(c1cncnc1)C1(c2ccccc2)CC1. The highest BCUT2D eigenvalue weighted by molar-refractivity contribution is 5.37.